The Morgan fingerprint density at radius 1 is 1.56 bits per heavy atom. The first-order chi connectivity index (χ1) is 12.9. The van der Waals surface area contributed by atoms with Gasteiger partial charge in [-0.15, -0.1) is 23.1 Å². The first kappa shape index (κ1) is 19.1. The summed E-state index contributed by atoms with van der Waals surface area (Å²) in [6.45, 7) is 0.0397. The number of anilines is 1. The maximum absolute atomic E-state index is 12.6. The van der Waals surface area contributed by atoms with Gasteiger partial charge in [0, 0.05) is 17.7 Å². The lowest BCUT2D eigenvalue weighted by molar-refractivity contribution is -0.150. The first-order valence-corrected chi connectivity index (χ1v) is 9.55. The molecule has 0 aliphatic carbocycles. The average molecular weight is 412 g/mol. The summed E-state index contributed by atoms with van der Waals surface area (Å²) >= 11 is 2.46. The third-order valence-electron chi connectivity index (χ3n) is 3.95. The van der Waals surface area contributed by atoms with Gasteiger partial charge >= 0.3 is 5.97 Å². The molecule has 1 unspecified atom stereocenters. The van der Waals surface area contributed by atoms with Gasteiger partial charge in [0.05, 0.1) is 0 Å². The molecule has 0 saturated carbocycles. The van der Waals surface area contributed by atoms with Gasteiger partial charge in [-0.25, -0.2) is 9.78 Å². The number of fused-ring (bicyclic) bond motifs is 1. The molecule has 3 heterocycles. The number of carbonyl (C=O) groups is 3. The third-order valence-corrected chi connectivity index (χ3v) is 5.96. The average Bonchev–Trinajstić information content (AvgIpc) is 3.08. The van der Waals surface area contributed by atoms with Crippen molar-refractivity contribution in [3.63, 3.8) is 0 Å². The van der Waals surface area contributed by atoms with Crippen molar-refractivity contribution in [2.45, 2.75) is 11.4 Å². The number of thioether (sulfide) groups is 1. The van der Waals surface area contributed by atoms with E-state index in [0.29, 0.717) is 11.3 Å². The summed E-state index contributed by atoms with van der Waals surface area (Å²) in [7, 11) is 1.27. The standard InChI is InChI=1S/C14H16N6O5S2/c1-25-19-7(6-4-27-14(16)17-6)10(21)18-8-11(22)20-9(13(23)24)5(2-15)3-26-12(8)20/h4,8,12H,2-3,15H2,1H3,(H2,16,17)(H,18,21)(H,23,24)/b19-7+/t8?,12-/m1/s1. The van der Waals surface area contributed by atoms with Gasteiger partial charge < -0.3 is 26.7 Å². The molecular weight excluding hydrogens is 396 g/mol. The monoisotopic (exact) mass is 412 g/mol. The Morgan fingerprint density at radius 3 is 2.85 bits per heavy atom. The predicted molar refractivity (Wildman–Crippen MR) is 98.8 cm³/mol. The minimum absolute atomic E-state index is 0.0397. The molecular formula is C14H16N6O5S2. The number of hydrogen-bond acceptors (Lipinski definition) is 10. The number of nitrogens with zero attached hydrogens (tertiary/aromatic N) is 3. The fourth-order valence-corrected chi connectivity index (χ4v) is 4.65. The van der Waals surface area contributed by atoms with E-state index in [4.69, 9.17) is 11.5 Å². The molecule has 1 fully saturated rings. The second kappa shape index (κ2) is 7.54. The number of rotatable bonds is 6. The van der Waals surface area contributed by atoms with Crippen LogP contribution < -0.4 is 16.8 Å². The Bertz CT molecular complexity index is 866. The topological polar surface area (TPSA) is 173 Å². The minimum atomic E-state index is -1.22. The summed E-state index contributed by atoms with van der Waals surface area (Å²) in [5, 5.41) is 16.9. The fraction of sp³-hybridized carbons (Fsp3) is 0.357. The van der Waals surface area contributed by atoms with Gasteiger partial charge in [0.15, 0.2) is 10.8 Å². The van der Waals surface area contributed by atoms with Crippen LogP contribution in [0.25, 0.3) is 0 Å². The normalized spacial score (nSPS) is 22.2. The molecule has 1 aromatic rings. The van der Waals surface area contributed by atoms with Crippen molar-refractivity contribution < 1.29 is 24.3 Å². The zero-order chi connectivity index (χ0) is 19.7. The maximum Gasteiger partial charge on any atom is 0.352 e. The van der Waals surface area contributed by atoms with Crippen LogP contribution in [0.1, 0.15) is 5.69 Å². The molecule has 1 saturated heterocycles. The van der Waals surface area contributed by atoms with Gasteiger partial charge in [0.25, 0.3) is 11.8 Å². The van der Waals surface area contributed by atoms with Crippen molar-refractivity contribution in [1.82, 2.24) is 15.2 Å². The second-order valence-electron chi connectivity index (χ2n) is 5.52. The number of aromatic nitrogens is 1. The molecule has 27 heavy (non-hydrogen) atoms. The summed E-state index contributed by atoms with van der Waals surface area (Å²) in [5.74, 6) is -2.07. The quantitative estimate of drug-likeness (QED) is 0.253. The van der Waals surface area contributed by atoms with Crippen LogP contribution in [0.3, 0.4) is 0 Å². The van der Waals surface area contributed by atoms with Crippen LogP contribution in [0, 0.1) is 0 Å². The smallest absolute Gasteiger partial charge is 0.352 e. The highest BCUT2D eigenvalue weighted by atomic mass is 32.2. The zero-order valence-electron chi connectivity index (χ0n) is 14.0. The number of nitrogens with two attached hydrogens (primary N) is 2. The molecule has 2 aliphatic rings. The Balaban J connectivity index is 1.79. The van der Waals surface area contributed by atoms with E-state index in [-0.39, 0.29) is 28.8 Å². The molecule has 144 valence electrons. The number of oxime groups is 1. The van der Waals surface area contributed by atoms with Gasteiger partial charge in [-0.1, -0.05) is 5.16 Å². The molecule has 2 atom stereocenters. The summed E-state index contributed by atoms with van der Waals surface area (Å²) in [6.07, 6.45) is 0. The number of carboxylic acid groups (broad SMARTS) is 1. The molecule has 0 radical (unpaired) electrons. The summed E-state index contributed by atoms with van der Waals surface area (Å²) in [4.78, 5) is 46.4. The van der Waals surface area contributed by atoms with Crippen molar-refractivity contribution in [2.24, 2.45) is 10.9 Å². The summed E-state index contributed by atoms with van der Waals surface area (Å²) < 4.78 is 0. The molecule has 2 aliphatic heterocycles. The van der Waals surface area contributed by atoms with E-state index in [1.165, 1.54) is 24.3 Å². The molecule has 0 aromatic carbocycles. The van der Waals surface area contributed by atoms with Gasteiger partial charge in [-0.2, -0.15) is 0 Å². The van der Waals surface area contributed by atoms with Crippen molar-refractivity contribution >= 4 is 51.7 Å². The van der Waals surface area contributed by atoms with E-state index >= 15 is 0 Å². The Morgan fingerprint density at radius 2 is 2.30 bits per heavy atom. The first-order valence-electron chi connectivity index (χ1n) is 7.62. The Hall–Kier alpha value is -2.64. The van der Waals surface area contributed by atoms with Crippen LogP contribution >= 0.6 is 23.1 Å². The molecule has 0 bridgehead atoms. The van der Waals surface area contributed by atoms with Crippen molar-refractivity contribution in [1.29, 1.82) is 0 Å². The highest BCUT2D eigenvalue weighted by Crippen LogP contribution is 2.40. The minimum Gasteiger partial charge on any atom is -0.477 e. The number of hydrogen-bond donors (Lipinski definition) is 4. The lowest BCUT2D eigenvalue weighted by Crippen LogP contribution is -2.71. The number of nitrogens with one attached hydrogen (secondary N) is 1. The lowest BCUT2D eigenvalue weighted by atomic mass is 10.0. The van der Waals surface area contributed by atoms with Crippen LogP contribution in [0.4, 0.5) is 5.13 Å². The van der Waals surface area contributed by atoms with Crippen LogP contribution in [-0.2, 0) is 19.2 Å². The number of amides is 2. The van der Waals surface area contributed by atoms with Crippen LogP contribution in [-0.4, -0.2) is 69.3 Å². The highest BCUT2D eigenvalue weighted by Gasteiger charge is 2.54. The summed E-state index contributed by atoms with van der Waals surface area (Å²) in [6, 6.07) is -0.894. The Kier molecular flexibility index (Phi) is 5.34. The van der Waals surface area contributed by atoms with Crippen molar-refractivity contribution in [3.8, 4) is 0 Å². The molecule has 11 nitrogen and oxygen atoms in total. The van der Waals surface area contributed by atoms with Gasteiger partial charge in [-0.3, -0.25) is 14.5 Å². The molecule has 13 heteroatoms. The van der Waals surface area contributed by atoms with E-state index in [1.54, 1.807) is 0 Å². The van der Waals surface area contributed by atoms with Gasteiger partial charge in [0.1, 0.15) is 29.9 Å². The largest absolute Gasteiger partial charge is 0.477 e. The Labute approximate surface area is 161 Å². The third kappa shape index (κ3) is 3.36. The van der Waals surface area contributed by atoms with E-state index in [0.717, 1.165) is 16.2 Å². The number of carboxylic acids is 1. The SMILES string of the molecule is CO/N=C(/C(=O)NC1C(=O)N2C(C(=O)O)=C(CN)CS[C@H]12)c1csc(N)n1. The van der Waals surface area contributed by atoms with Crippen molar-refractivity contribution in [2.75, 3.05) is 25.1 Å². The molecule has 0 spiro atoms. The molecule has 6 N–H and O–H groups in total. The number of nitrogen functional groups attached to an aromatic ring is 1. The van der Waals surface area contributed by atoms with Gasteiger partial charge in [-0.05, 0) is 5.57 Å². The highest BCUT2D eigenvalue weighted by molar-refractivity contribution is 8.00. The van der Waals surface area contributed by atoms with E-state index in [9.17, 15) is 19.5 Å². The van der Waals surface area contributed by atoms with E-state index < -0.39 is 29.2 Å². The number of carbonyl (C=O) groups excluding carboxylic acids is 2. The lowest BCUT2D eigenvalue weighted by Gasteiger charge is -2.49. The van der Waals surface area contributed by atoms with Crippen LogP contribution in [0.2, 0.25) is 0 Å². The number of β-lactam (4-membered cyclic amide) rings is 1. The second-order valence-corrected chi connectivity index (χ2v) is 7.51. The number of thiazole rings is 1. The van der Waals surface area contributed by atoms with Crippen molar-refractivity contribution in [3.05, 3.63) is 22.3 Å². The fourth-order valence-electron chi connectivity index (χ4n) is 2.74. The summed E-state index contributed by atoms with van der Waals surface area (Å²) in [5.41, 5.74) is 11.6. The van der Waals surface area contributed by atoms with Crippen LogP contribution in [0.15, 0.2) is 21.8 Å². The predicted octanol–water partition coefficient (Wildman–Crippen LogP) is -1.23. The zero-order valence-corrected chi connectivity index (χ0v) is 15.7. The maximum atomic E-state index is 12.6. The molecule has 1 aromatic heterocycles. The van der Waals surface area contributed by atoms with Crippen LogP contribution in [0.5, 0.6) is 0 Å². The molecule has 3 rings (SSSR count). The van der Waals surface area contributed by atoms with Gasteiger partial charge in [0.2, 0.25) is 0 Å². The molecule has 2 amide bonds. The van der Waals surface area contributed by atoms with E-state index in [1.807, 2.05) is 0 Å². The number of aliphatic carboxylic acids is 1. The van der Waals surface area contributed by atoms with E-state index in [2.05, 4.69) is 20.3 Å².